The SMILES string of the molecule is CCN(CC)C(=O)CSCC(=O)Nc1cc(C(C)(C)C)nn1-c1ccccc1. The first-order valence-corrected chi connectivity index (χ1v) is 10.7. The Hall–Kier alpha value is -2.28. The Bertz CT molecular complexity index is 792. The highest BCUT2D eigenvalue weighted by molar-refractivity contribution is 8.00. The van der Waals surface area contributed by atoms with E-state index in [1.807, 2.05) is 50.2 Å². The van der Waals surface area contributed by atoms with Crippen LogP contribution in [0, 0.1) is 0 Å². The molecule has 1 N–H and O–H groups in total. The number of carbonyl (C=O) groups is 2. The highest BCUT2D eigenvalue weighted by Crippen LogP contribution is 2.26. The van der Waals surface area contributed by atoms with Crippen LogP contribution in [-0.4, -0.2) is 51.1 Å². The van der Waals surface area contributed by atoms with Gasteiger partial charge in [0.2, 0.25) is 11.8 Å². The Labute approximate surface area is 171 Å². The normalized spacial score (nSPS) is 11.3. The van der Waals surface area contributed by atoms with Gasteiger partial charge in [0.15, 0.2) is 0 Å². The molecule has 1 aromatic heterocycles. The van der Waals surface area contributed by atoms with Gasteiger partial charge in [-0.3, -0.25) is 9.59 Å². The molecule has 7 heteroatoms. The predicted octanol–water partition coefficient (Wildman–Crippen LogP) is 3.71. The van der Waals surface area contributed by atoms with Gasteiger partial charge in [0.25, 0.3) is 0 Å². The van der Waals surface area contributed by atoms with Crippen LogP contribution in [0.2, 0.25) is 0 Å². The number of nitrogens with zero attached hydrogens (tertiary/aromatic N) is 3. The zero-order valence-electron chi connectivity index (χ0n) is 17.4. The average molecular weight is 403 g/mol. The molecule has 152 valence electrons. The number of aromatic nitrogens is 2. The van der Waals surface area contributed by atoms with E-state index in [2.05, 4.69) is 26.1 Å². The molecule has 0 aliphatic rings. The molecule has 0 saturated heterocycles. The average Bonchev–Trinajstić information content (AvgIpc) is 3.07. The Balaban J connectivity index is 2.07. The van der Waals surface area contributed by atoms with Crippen molar-refractivity contribution in [3.05, 3.63) is 42.1 Å². The second-order valence-electron chi connectivity index (χ2n) is 7.52. The van der Waals surface area contributed by atoms with Crippen molar-refractivity contribution in [1.82, 2.24) is 14.7 Å². The highest BCUT2D eigenvalue weighted by atomic mass is 32.2. The molecule has 0 aliphatic carbocycles. The van der Waals surface area contributed by atoms with Crippen LogP contribution in [0.15, 0.2) is 36.4 Å². The van der Waals surface area contributed by atoms with Crippen LogP contribution in [0.25, 0.3) is 5.69 Å². The van der Waals surface area contributed by atoms with Gasteiger partial charge in [-0.2, -0.15) is 5.10 Å². The fourth-order valence-corrected chi connectivity index (χ4v) is 3.40. The fourth-order valence-electron chi connectivity index (χ4n) is 2.68. The van der Waals surface area contributed by atoms with Crippen molar-refractivity contribution in [1.29, 1.82) is 0 Å². The van der Waals surface area contributed by atoms with Crippen molar-refractivity contribution in [3.8, 4) is 5.69 Å². The summed E-state index contributed by atoms with van der Waals surface area (Å²) in [5, 5.41) is 7.64. The number of carbonyl (C=O) groups excluding carboxylic acids is 2. The van der Waals surface area contributed by atoms with Gasteiger partial charge in [-0.05, 0) is 26.0 Å². The van der Waals surface area contributed by atoms with E-state index in [1.165, 1.54) is 11.8 Å². The van der Waals surface area contributed by atoms with E-state index in [-0.39, 0.29) is 23.0 Å². The summed E-state index contributed by atoms with van der Waals surface area (Å²) in [4.78, 5) is 26.3. The Morgan fingerprint density at radius 2 is 1.75 bits per heavy atom. The van der Waals surface area contributed by atoms with Crippen molar-refractivity contribution in [3.63, 3.8) is 0 Å². The number of thioether (sulfide) groups is 1. The molecule has 0 fully saturated rings. The van der Waals surface area contributed by atoms with E-state index in [9.17, 15) is 9.59 Å². The third-order valence-corrected chi connectivity index (χ3v) is 5.24. The summed E-state index contributed by atoms with van der Waals surface area (Å²) in [5.74, 6) is 1.08. The molecule has 0 radical (unpaired) electrons. The first kappa shape index (κ1) is 22.0. The fraction of sp³-hybridized carbons (Fsp3) is 0.476. The molecule has 0 saturated carbocycles. The van der Waals surface area contributed by atoms with Gasteiger partial charge in [0, 0.05) is 24.6 Å². The molecule has 1 aromatic carbocycles. The topological polar surface area (TPSA) is 67.2 Å². The molecule has 1 heterocycles. The third-order valence-electron chi connectivity index (χ3n) is 4.32. The number of benzene rings is 1. The first-order chi connectivity index (χ1) is 13.3. The van der Waals surface area contributed by atoms with E-state index >= 15 is 0 Å². The summed E-state index contributed by atoms with van der Waals surface area (Å²) in [6.07, 6.45) is 0. The molecule has 28 heavy (non-hydrogen) atoms. The van der Waals surface area contributed by atoms with Crippen LogP contribution in [0.4, 0.5) is 5.82 Å². The predicted molar refractivity (Wildman–Crippen MR) is 116 cm³/mol. The van der Waals surface area contributed by atoms with Crippen LogP contribution in [0.1, 0.15) is 40.3 Å². The van der Waals surface area contributed by atoms with Gasteiger partial charge in [0.1, 0.15) is 5.82 Å². The molecule has 0 atom stereocenters. The zero-order valence-corrected chi connectivity index (χ0v) is 18.2. The summed E-state index contributed by atoms with van der Waals surface area (Å²) < 4.78 is 1.75. The van der Waals surface area contributed by atoms with Crippen molar-refractivity contribution in [2.24, 2.45) is 0 Å². The smallest absolute Gasteiger partial charge is 0.235 e. The van der Waals surface area contributed by atoms with Crippen LogP contribution < -0.4 is 5.32 Å². The van der Waals surface area contributed by atoms with Crippen LogP contribution in [0.5, 0.6) is 0 Å². The summed E-state index contributed by atoms with van der Waals surface area (Å²) in [7, 11) is 0. The van der Waals surface area contributed by atoms with E-state index in [0.29, 0.717) is 24.7 Å². The van der Waals surface area contributed by atoms with Gasteiger partial charge >= 0.3 is 0 Å². The molecule has 2 rings (SSSR count). The highest BCUT2D eigenvalue weighted by Gasteiger charge is 2.21. The maximum Gasteiger partial charge on any atom is 0.235 e. The van der Waals surface area contributed by atoms with Crippen LogP contribution >= 0.6 is 11.8 Å². The van der Waals surface area contributed by atoms with Crippen molar-refractivity contribution >= 4 is 29.4 Å². The quantitative estimate of drug-likeness (QED) is 0.731. The van der Waals surface area contributed by atoms with E-state index < -0.39 is 0 Å². The molecule has 2 aromatic rings. The first-order valence-electron chi connectivity index (χ1n) is 9.57. The second-order valence-corrected chi connectivity index (χ2v) is 8.50. The van der Waals surface area contributed by atoms with Crippen LogP contribution in [0.3, 0.4) is 0 Å². The number of rotatable bonds is 8. The molecule has 0 unspecified atom stereocenters. The maximum atomic E-state index is 12.4. The molecule has 6 nitrogen and oxygen atoms in total. The minimum absolute atomic E-state index is 0.0622. The molecule has 0 bridgehead atoms. The molecule has 0 aliphatic heterocycles. The standard InChI is InChI=1S/C21H30N4O2S/c1-6-24(7-2)20(27)15-28-14-19(26)22-18-13-17(21(3,4)5)23-25(18)16-11-9-8-10-12-16/h8-13H,6-7,14-15H2,1-5H3,(H,22,26). The lowest BCUT2D eigenvalue weighted by Gasteiger charge is -2.18. The Morgan fingerprint density at radius 3 is 2.32 bits per heavy atom. The van der Waals surface area contributed by atoms with Gasteiger partial charge in [-0.1, -0.05) is 39.0 Å². The van der Waals surface area contributed by atoms with Gasteiger partial charge in [0.05, 0.1) is 22.9 Å². The minimum atomic E-state index is -0.144. The maximum absolute atomic E-state index is 12.4. The number of anilines is 1. The largest absolute Gasteiger partial charge is 0.343 e. The lowest BCUT2D eigenvalue weighted by molar-refractivity contribution is -0.127. The zero-order chi connectivity index (χ0) is 20.7. The second kappa shape index (κ2) is 9.78. The summed E-state index contributed by atoms with van der Waals surface area (Å²) in [5.41, 5.74) is 1.65. The van der Waals surface area contributed by atoms with Crippen LogP contribution in [-0.2, 0) is 15.0 Å². The molecule has 2 amide bonds. The monoisotopic (exact) mass is 402 g/mol. The minimum Gasteiger partial charge on any atom is -0.343 e. The molecular formula is C21H30N4O2S. The van der Waals surface area contributed by atoms with Crippen molar-refractivity contribution in [2.45, 2.75) is 40.0 Å². The van der Waals surface area contributed by atoms with Gasteiger partial charge < -0.3 is 10.2 Å². The summed E-state index contributed by atoms with van der Waals surface area (Å²) in [6, 6.07) is 11.6. The summed E-state index contributed by atoms with van der Waals surface area (Å²) >= 11 is 1.33. The Kier molecular flexibility index (Phi) is 7.69. The molecular weight excluding hydrogens is 372 g/mol. The number of para-hydroxylation sites is 1. The Morgan fingerprint density at radius 1 is 1.11 bits per heavy atom. The van der Waals surface area contributed by atoms with E-state index in [1.54, 1.807) is 9.58 Å². The number of hydrogen-bond donors (Lipinski definition) is 1. The van der Waals surface area contributed by atoms with E-state index in [4.69, 9.17) is 5.10 Å². The van der Waals surface area contributed by atoms with E-state index in [0.717, 1.165) is 11.4 Å². The van der Waals surface area contributed by atoms with Crippen molar-refractivity contribution < 1.29 is 9.59 Å². The van der Waals surface area contributed by atoms with Crippen molar-refractivity contribution in [2.75, 3.05) is 29.9 Å². The van der Waals surface area contributed by atoms with Gasteiger partial charge in [-0.25, -0.2) is 4.68 Å². The number of hydrogen-bond acceptors (Lipinski definition) is 4. The lowest BCUT2D eigenvalue weighted by atomic mass is 9.92. The lowest BCUT2D eigenvalue weighted by Crippen LogP contribution is -2.32. The summed E-state index contributed by atoms with van der Waals surface area (Å²) in [6.45, 7) is 11.6. The van der Waals surface area contributed by atoms with Gasteiger partial charge in [-0.15, -0.1) is 11.8 Å². The third kappa shape index (κ3) is 5.86. The molecule has 0 spiro atoms. The number of nitrogens with one attached hydrogen (secondary N) is 1. The number of amides is 2.